The first-order valence-corrected chi connectivity index (χ1v) is 14.6. The number of alkyl halides is 3. The lowest BCUT2D eigenvalue weighted by atomic mass is 9.92. The zero-order valence-corrected chi connectivity index (χ0v) is 25.1. The summed E-state index contributed by atoms with van der Waals surface area (Å²) in [6.45, 7) is 9.77. The van der Waals surface area contributed by atoms with E-state index in [0.29, 0.717) is 10.9 Å². The van der Waals surface area contributed by atoms with Crippen LogP contribution in [0.3, 0.4) is 0 Å². The maximum absolute atomic E-state index is 12.4. The fourth-order valence-electron chi connectivity index (χ4n) is 5.30. The quantitative estimate of drug-likeness (QED) is 0.220. The van der Waals surface area contributed by atoms with Gasteiger partial charge >= 0.3 is 6.18 Å². The SMILES string of the molecule is C=C(c1ccc(N2CCC(CCCN(C)C)CC2)nc1Cl)N1CCCC1.COc1cccc(C(C=O)C(F)(F)F)c1. The molecule has 0 saturated carbocycles. The van der Waals surface area contributed by atoms with Crippen molar-refractivity contribution in [2.45, 2.75) is 50.6 Å². The van der Waals surface area contributed by atoms with Gasteiger partial charge in [0.15, 0.2) is 0 Å². The lowest BCUT2D eigenvalue weighted by Gasteiger charge is -2.33. The van der Waals surface area contributed by atoms with Crippen LogP contribution in [0.15, 0.2) is 43.0 Å². The Bertz CT molecular complexity index is 1130. The highest BCUT2D eigenvalue weighted by Crippen LogP contribution is 2.34. The zero-order valence-electron chi connectivity index (χ0n) is 24.3. The number of likely N-dealkylation sites (tertiary alicyclic amines) is 1. The number of halogens is 4. The Morgan fingerprint density at radius 1 is 1.17 bits per heavy atom. The Hall–Kier alpha value is -2.78. The van der Waals surface area contributed by atoms with E-state index in [1.54, 1.807) is 0 Å². The van der Waals surface area contributed by atoms with Crippen molar-refractivity contribution in [2.75, 3.05) is 58.8 Å². The number of hydrogen-bond acceptors (Lipinski definition) is 6. The average Bonchev–Trinajstić information content (AvgIpc) is 3.48. The number of anilines is 1. The highest BCUT2D eigenvalue weighted by Gasteiger charge is 2.40. The van der Waals surface area contributed by atoms with Crippen LogP contribution >= 0.6 is 11.6 Å². The molecule has 3 heterocycles. The van der Waals surface area contributed by atoms with E-state index in [4.69, 9.17) is 21.3 Å². The Morgan fingerprint density at radius 2 is 1.85 bits per heavy atom. The van der Waals surface area contributed by atoms with Crippen molar-refractivity contribution in [1.82, 2.24) is 14.8 Å². The van der Waals surface area contributed by atoms with Crippen molar-refractivity contribution < 1.29 is 22.7 Å². The smallest absolute Gasteiger partial charge is 0.402 e. The maximum Gasteiger partial charge on any atom is 0.402 e. The van der Waals surface area contributed by atoms with Crippen molar-refractivity contribution in [3.05, 3.63) is 59.3 Å². The van der Waals surface area contributed by atoms with Crippen LogP contribution in [0.2, 0.25) is 5.15 Å². The molecule has 4 rings (SSSR count). The van der Waals surface area contributed by atoms with Crippen molar-refractivity contribution >= 4 is 29.4 Å². The molecule has 41 heavy (non-hydrogen) atoms. The highest BCUT2D eigenvalue weighted by atomic mass is 35.5. The summed E-state index contributed by atoms with van der Waals surface area (Å²) in [6.07, 6.45) is 2.97. The number of carbonyl (C=O) groups excluding carboxylic acids is 1. The summed E-state index contributed by atoms with van der Waals surface area (Å²) in [5, 5.41) is 0.590. The van der Waals surface area contributed by atoms with Crippen molar-refractivity contribution in [2.24, 2.45) is 5.92 Å². The van der Waals surface area contributed by atoms with Crippen LogP contribution in [0.1, 0.15) is 55.6 Å². The molecule has 2 aliphatic rings. The molecule has 1 unspecified atom stereocenters. The number of piperidine rings is 1. The Morgan fingerprint density at radius 3 is 2.41 bits per heavy atom. The lowest BCUT2D eigenvalue weighted by molar-refractivity contribution is -0.155. The predicted octanol–water partition coefficient (Wildman–Crippen LogP) is 6.90. The fourth-order valence-corrected chi connectivity index (χ4v) is 5.56. The predicted molar refractivity (Wildman–Crippen MR) is 160 cm³/mol. The van der Waals surface area contributed by atoms with Crippen LogP contribution < -0.4 is 9.64 Å². The van der Waals surface area contributed by atoms with Gasteiger partial charge in [-0.3, -0.25) is 0 Å². The summed E-state index contributed by atoms with van der Waals surface area (Å²) in [7, 11) is 5.66. The van der Waals surface area contributed by atoms with Gasteiger partial charge in [0, 0.05) is 37.4 Å². The second kappa shape index (κ2) is 15.4. The van der Waals surface area contributed by atoms with Crippen LogP contribution in [-0.4, -0.2) is 81.2 Å². The van der Waals surface area contributed by atoms with E-state index in [2.05, 4.69) is 47.5 Å². The number of carbonyl (C=O) groups is 1. The number of aldehydes is 1. The van der Waals surface area contributed by atoms with Gasteiger partial charge in [-0.05, 0) is 94.9 Å². The largest absolute Gasteiger partial charge is 0.497 e. The topological polar surface area (TPSA) is 48.9 Å². The third kappa shape index (κ3) is 9.64. The van der Waals surface area contributed by atoms with E-state index in [1.165, 1.54) is 76.4 Å². The van der Waals surface area contributed by atoms with E-state index in [9.17, 15) is 18.0 Å². The standard InChI is InChI=1S/C21H33ClN4.C10H9F3O2/c1-17(25-13-4-5-14-25)19-8-9-20(23-21(19)22)26-15-10-18(11-16-26)7-6-12-24(2)3;1-15-8-4-2-3-7(5-8)9(6-14)10(11,12)13/h8-9,18H,1,4-7,10-16H2,2-3H3;2-6,9H,1H3. The molecule has 1 atom stereocenters. The number of nitrogens with zero attached hydrogens (tertiary/aromatic N) is 4. The molecule has 10 heteroatoms. The minimum absolute atomic E-state index is 0.114. The first-order valence-electron chi connectivity index (χ1n) is 14.2. The van der Waals surface area contributed by atoms with Crippen molar-refractivity contribution in [1.29, 1.82) is 0 Å². The highest BCUT2D eigenvalue weighted by molar-refractivity contribution is 6.31. The Kier molecular flexibility index (Phi) is 12.3. The van der Waals surface area contributed by atoms with Gasteiger partial charge in [0.05, 0.1) is 7.11 Å². The average molecular weight is 595 g/mol. The van der Waals surface area contributed by atoms with Gasteiger partial charge in [-0.2, -0.15) is 13.2 Å². The van der Waals surface area contributed by atoms with Gasteiger partial charge in [-0.1, -0.05) is 30.3 Å². The molecule has 2 fully saturated rings. The molecule has 0 aliphatic carbocycles. The van der Waals surface area contributed by atoms with E-state index in [-0.39, 0.29) is 11.8 Å². The van der Waals surface area contributed by atoms with Crippen LogP contribution in [0, 0.1) is 5.92 Å². The maximum atomic E-state index is 12.4. The summed E-state index contributed by atoms with van der Waals surface area (Å²) in [4.78, 5) is 22.1. The lowest BCUT2D eigenvalue weighted by Crippen LogP contribution is -2.34. The number of hydrogen-bond donors (Lipinski definition) is 0. The van der Waals surface area contributed by atoms with Gasteiger partial charge < -0.3 is 24.2 Å². The molecule has 226 valence electrons. The molecular formula is C31H42ClF3N4O2. The van der Waals surface area contributed by atoms with E-state index in [0.717, 1.165) is 49.2 Å². The number of aromatic nitrogens is 1. The number of benzene rings is 1. The normalized spacial score (nSPS) is 16.8. The summed E-state index contributed by atoms with van der Waals surface area (Å²) in [5.41, 5.74) is 1.89. The molecule has 0 N–H and O–H groups in total. The Labute approximate surface area is 247 Å². The summed E-state index contributed by atoms with van der Waals surface area (Å²) in [5.74, 6) is 0.0757. The summed E-state index contributed by atoms with van der Waals surface area (Å²) in [6, 6.07) is 9.60. The molecule has 0 bridgehead atoms. The van der Waals surface area contributed by atoms with Gasteiger partial charge in [0.25, 0.3) is 0 Å². The van der Waals surface area contributed by atoms with Crippen LogP contribution in [0.4, 0.5) is 19.0 Å². The number of ether oxygens (including phenoxy) is 1. The molecule has 2 saturated heterocycles. The molecule has 6 nitrogen and oxygen atoms in total. The van der Waals surface area contributed by atoms with Gasteiger partial charge in [0.1, 0.15) is 28.9 Å². The molecule has 0 amide bonds. The van der Waals surface area contributed by atoms with E-state index >= 15 is 0 Å². The second-order valence-corrected chi connectivity index (χ2v) is 11.3. The zero-order chi connectivity index (χ0) is 30.0. The molecule has 0 spiro atoms. The van der Waals surface area contributed by atoms with Crippen molar-refractivity contribution in [3.63, 3.8) is 0 Å². The molecule has 0 radical (unpaired) electrons. The summed E-state index contributed by atoms with van der Waals surface area (Å²) < 4.78 is 41.9. The van der Waals surface area contributed by atoms with Crippen LogP contribution in [0.25, 0.3) is 5.70 Å². The first kappa shape index (κ1) is 32.7. The molecule has 1 aromatic heterocycles. The second-order valence-electron chi connectivity index (χ2n) is 11.0. The minimum Gasteiger partial charge on any atom is -0.497 e. The third-order valence-corrected chi connectivity index (χ3v) is 8.02. The minimum atomic E-state index is -4.56. The number of rotatable bonds is 10. The van der Waals surface area contributed by atoms with Crippen LogP contribution in [0.5, 0.6) is 5.75 Å². The van der Waals surface area contributed by atoms with Crippen molar-refractivity contribution in [3.8, 4) is 5.75 Å². The number of pyridine rings is 1. The third-order valence-electron chi connectivity index (χ3n) is 7.73. The van der Waals surface area contributed by atoms with Gasteiger partial charge in [-0.25, -0.2) is 4.98 Å². The van der Waals surface area contributed by atoms with Crippen LogP contribution in [-0.2, 0) is 4.79 Å². The van der Waals surface area contributed by atoms with E-state index in [1.807, 2.05) is 0 Å². The summed E-state index contributed by atoms with van der Waals surface area (Å²) >= 11 is 6.52. The number of methoxy groups -OCH3 is 1. The molecule has 1 aromatic carbocycles. The molecule has 2 aromatic rings. The Balaban J connectivity index is 0.000000263. The van der Waals surface area contributed by atoms with Gasteiger partial charge in [0.2, 0.25) is 0 Å². The monoisotopic (exact) mass is 594 g/mol. The molecule has 2 aliphatic heterocycles. The molecular weight excluding hydrogens is 553 g/mol. The first-order chi connectivity index (χ1) is 19.5. The van der Waals surface area contributed by atoms with E-state index < -0.39 is 12.1 Å². The fraction of sp³-hybridized carbons (Fsp3) is 0.548. The van der Waals surface area contributed by atoms with Gasteiger partial charge in [-0.15, -0.1) is 0 Å².